The highest BCUT2D eigenvalue weighted by atomic mass is 16.6. The Kier molecular flexibility index (Phi) is 9.96. The standard InChI is InChI=1S/C29H44N4O6/c1-6-10-20-16-22(26(36)31-21(15-18-13-14-18)24(34)25(30)35)33(17(20)2)27(37)23(19-11-8-7-9-12-19)32-28(38)39-29(3,4)5/h6,10,18-19,21-23H,7-9,11-16H2,1-5H3,(H2,30,35)(H,31,36)(H,32,38)/b10-6-/t21?,22-,23?/m0/s1. The van der Waals surface area contributed by atoms with Crippen molar-refractivity contribution in [2.24, 2.45) is 17.6 Å². The van der Waals surface area contributed by atoms with E-state index in [1.54, 1.807) is 27.7 Å². The van der Waals surface area contributed by atoms with Crippen LogP contribution in [0.3, 0.4) is 0 Å². The van der Waals surface area contributed by atoms with E-state index >= 15 is 0 Å². The smallest absolute Gasteiger partial charge is 0.408 e. The first kappa shape index (κ1) is 30.4. The van der Waals surface area contributed by atoms with E-state index in [0.717, 1.165) is 50.5 Å². The van der Waals surface area contributed by atoms with Gasteiger partial charge in [-0.25, -0.2) is 4.79 Å². The lowest BCUT2D eigenvalue weighted by Crippen LogP contribution is -2.58. The minimum absolute atomic E-state index is 0.0971. The van der Waals surface area contributed by atoms with Crippen molar-refractivity contribution >= 4 is 29.6 Å². The van der Waals surface area contributed by atoms with Gasteiger partial charge in [0, 0.05) is 12.1 Å². The molecule has 3 aliphatic rings. The number of ether oxygens (including phenoxy) is 1. The molecule has 2 unspecified atom stereocenters. The topological polar surface area (TPSA) is 148 Å². The predicted octanol–water partition coefficient (Wildman–Crippen LogP) is 3.25. The highest BCUT2D eigenvalue weighted by Gasteiger charge is 2.44. The maximum Gasteiger partial charge on any atom is 0.408 e. The van der Waals surface area contributed by atoms with E-state index in [-0.39, 0.29) is 24.2 Å². The molecule has 0 radical (unpaired) electrons. The monoisotopic (exact) mass is 544 g/mol. The minimum Gasteiger partial charge on any atom is -0.444 e. The highest BCUT2D eigenvalue weighted by Crippen LogP contribution is 2.36. The van der Waals surface area contributed by atoms with Crippen LogP contribution in [0.4, 0.5) is 4.79 Å². The Morgan fingerprint density at radius 2 is 1.69 bits per heavy atom. The first-order valence-corrected chi connectivity index (χ1v) is 14.1. The number of nitrogens with two attached hydrogens (primary N) is 1. The number of nitrogens with zero attached hydrogens (tertiary/aromatic N) is 1. The molecule has 0 aromatic heterocycles. The first-order valence-electron chi connectivity index (χ1n) is 14.1. The molecular formula is C29H44N4O6. The Morgan fingerprint density at radius 1 is 1.05 bits per heavy atom. The van der Waals surface area contributed by atoms with Crippen molar-refractivity contribution in [3.8, 4) is 0 Å². The van der Waals surface area contributed by atoms with Crippen molar-refractivity contribution in [3.05, 3.63) is 23.4 Å². The van der Waals surface area contributed by atoms with Gasteiger partial charge in [-0.15, -0.1) is 0 Å². The number of rotatable bonds is 10. The van der Waals surface area contributed by atoms with Crippen molar-refractivity contribution in [1.82, 2.24) is 15.5 Å². The summed E-state index contributed by atoms with van der Waals surface area (Å²) in [6.07, 6.45) is 9.98. The molecule has 0 aromatic carbocycles. The van der Waals surface area contributed by atoms with Gasteiger partial charge in [-0.1, -0.05) is 44.3 Å². The third-order valence-electron chi connectivity index (χ3n) is 7.66. The summed E-state index contributed by atoms with van der Waals surface area (Å²) in [7, 11) is 0. The zero-order chi connectivity index (χ0) is 28.9. The Morgan fingerprint density at radius 3 is 2.23 bits per heavy atom. The van der Waals surface area contributed by atoms with Gasteiger partial charge in [0.1, 0.15) is 17.7 Å². The molecule has 0 saturated heterocycles. The lowest BCUT2D eigenvalue weighted by molar-refractivity contribution is -0.142. The molecule has 10 nitrogen and oxygen atoms in total. The average Bonchev–Trinajstić information content (AvgIpc) is 3.62. The number of carbonyl (C=O) groups is 5. The van der Waals surface area contributed by atoms with Crippen LogP contribution >= 0.6 is 0 Å². The van der Waals surface area contributed by atoms with Crippen LogP contribution in [0.25, 0.3) is 0 Å². The molecule has 1 heterocycles. The van der Waals surface area contributed by atoms with Crippen molar-refractivity contribution in [1.29, 1.82) is 0 Å². The van der Waals surface area contributed by atoms with Crippen molar-refractivity contribution in [2.75, 3.05) is 0 Å². The second-order valence-corrected chi connectivity index (χ2v) is 12.0. The number of alkyl carbamates (subject to hydrolysis) is 1. The molecule has 2 fully saturated rings. The Bertz CT molecular complexity index is 1030. The molecule has 216 valence electrons. The first-order chi connectivity index (χ1) is 18.3. The summed E-state index contributed by atoms with van der Waals surface area (Å²) in [6, 6.07) is -2.83. The Balaban J connectivity index is 1.90. The molecule has 4 N–H and O–H groups in total. The number of primary amides is 1. The van der Waals surface area contributed by atoms with Crippen LogP contribution in [0, 0.1) is 11.8 Å². The molecule has 3 rings (SSSR count). The fraction of sp³-hybridized carbons (Fsp3) is 0.690. The van der Waals surface area contributed by atoms with E-state index in [2.05, 4.69) is 10.6 Å². The second-order valence-electron chi connectivity index (χ2n) is 12.0. The molecule has 0 spiro atoms. The van der Waals surface area contributed by atoms with Gasteiger partial charge in [0.05, 0.1) is 6.04 Å². The van der Waals surface area contributed by atoms with E-state index < -0.39 is 47.4 Å². The maximum atomic E-state index is 14.2. The van der Waals surface area contributed by atoms with E-state index in [9.17, 15) is 24.0 Å². The SMILES string of the molecule is C/C=C\C1=C(C)N(C(=O)C(NC(=O)OC(C)(C)C)C2CCCCC2)[C@H](C(=O)NC(CC2CC2)C(=O)C(N)=O)C1. The largest absolute Gasteiger partial charge is 0.444 e. The quantitative estimate of drug-likeness (QED) is 0.360. The molecule has 0 bridgehead atoms. The van der Waals surface area contributed by atoms with Gasteiger partial charge in [0.15, 0.2) is 0 Å². The summed E-state index contributed by atoms with van der Waals surface area (Å²) in [5.74, 6) is -2.68. The summed E-state index contributed by atoms with van der Waals surface area (Å²) in [5.41, 5.74) is 5.95. The van der Waals surface area contributed by atoms with E-state index in [0.29, 0.717) is 12.1 Å². The minimum atomic E-state index is -1.09. The molecule has 2 aliphatic carbocycles. The van der Waals surface area contributed by atoms with E-state index in [1.165, 1.54) is 4.90 Å². The number of nitrogens with one attached hydrogen (secondary N) is 2. The molecule has 2 saturated carbocycles. The van der Waals surface area contributed by atoms with Gasteiger partial charge in [0.25, 0.3) is 5.91 Å². The van der Waals surface area contributed by atoms with E-state index in [1.807, 2.05) is 19.1 Å². The maximum absolute atomic E-state index is 14.2. The number of ketones is 1. The van der Waals surface area contributed by atoms with Crippen LogP contribution in [0.5, 0.6) is 0 Å². The van der Waals surface area contributed by atoms with Crippen molar-refractivity contribution in [3.63, 3.8) is 0 Å². The molecular weight excluding hydrogens is 500 g/mol. The van der Waals surface area contributed by atoms with Crippen LogP contribution in [-0.2, 0) is 23.9 Å². The number of hydrogen-bond acceptors (Lipinski definition) is 6. The summed E-state index contributed by atoms with van der Waals surface area (Å²) >= 11 is 0. The number of carbonyl (C=O) groups excluding carboxylic acids is 5. The fourth-order valence-corrected chi connectivity index (χ4v) is 5.55. The van der Waals surface area contributed by atoms with Gasteiger partial charge < -0.3 is 26.0 Å². The molecule has 3 atom stereocenters. The summed E-state index contributed by atoms with van der Waals surface area (Å²) in [4.78, 5) is 66.3. The summed E-state index contributed by atoms with van der Waals surface area (Å²) < 4.78 is 5.47. The molecule has 0 aromatic rings. The highest BCUT2D eigenvalue weighted by molar-refractivity contribution is 6.37. The third-order valence-corrected chi connectivity index (χ3v) is 7.66. The average molecular weight is 545 g/mol. The van der Waals surface area contributed by atoms with E-state index in [4.69, 9.17) is 10.5 Å². The number of allylic oxidation sites excluding steroid dienone is 3. The Labute approximate surface area is 231 Å². The van der Waals surface area contributed by atoms with Crippen LogP contribution in [-0.4, -0.2) is 58.2 Å². The van der Waals surface area contributed by atoms with Gasteiger partial charge in [-0.05, 0) is 71.3 Å². The lowest BCUT2D eigenvalue weighted by atomic mass is 9.83. The fourth-order valence-electron chi connectivity index (χ4n) is 5.55. The van der Waals surface area contributed by atoms with Gasteiger partial charge >= 0.3 is 6.09 Å². The number of Topliss-reactive ketones (excluding diaryl/α,β-unsaturated/α-hetero) is 1. The van der Waals surface area contributed by atoms with Crippen LogP contribution in [0.1, 0.15) is 92.4 Å². The lowest BCUT2D eigenvalue weighted by Gasteiger charge is -2.36. The van der Waals surface area contributed by atoms with Crippen LogP contribution in [0.15, 0.2) is 23.4 Å². The predicted molar refractivity (Wildman–Crippen MR) is 146 cm³/mol. The van der Waals surface area contributed by atoms with Gasteiger partial charge in [-0.3, -0.25) is 19.2 Å². The molecule has 1 aliphatic heterocycles. The van der Waals surface area contributed by atoms with Gasteiger partial charge in [0.2, 0.25) is 17.6 Å². The summed E-state index contributed by atoms with van der Waals surface area (Å²) in [5, 5.41) is 5.54. The van der Waals surface area contributed by atoms with Crippen LogP contribution in [0.2, 0.25) is 0 Å². The molecule has 4 amide bonds. The molecule has 10 heteroatoms. The number of hydrogen-bond donors (Lipinski definition) is 3. The zero-order valence-corrected chi connectivity index (χ0v) is 23.9. The Hall–Kier alpha value is -3.17. The van der Waals surface area contributed by atoms with Gasteiger partial charge in [-0.2, -0.15) is 0 Å². The van der Waals surface area contributed by atoms with Crippen molar-refractivity contribution in [2.45, 2.75) is 116 Å². The summed E-state index contributed by atoms with van der Waals surface area (Å²) in [6.45, 7) is 8.90. The normalized spacial score (nSPS) is 22.0. The number of amides is 4. The zero-order valence-electron chi connectivity index (χ0n) is 23.9. The van der Waals surface area contributed by atoms with Crippen molar-refractivity contribution < 1.29 is 28.7 Å². The second kappa shape index (κ2) is 12.8. The third kappa shape index (κ3) is 8.16. The van der Waals surface area contributed by atoms with Crippen LogP contribution < -0.4 is 16.4 Å². The molecule has 39 heavy (non-hydrogen) atoms.